The predicted molar refractivity (Wildman–Crippen MR) is 257 cm³/mol. The van der Waals surface area contributed by atoms with Gasteiger partial charge in [-0.15, -0.1) is 0 Å². The second-order valence-electron chi connectivity index (χ2n) is 15.4. The normalized spacial score (nSPS) is 13.4. The molecule has 0 unspecified atom stereocenters. The van der Waals surface area contributed by atoms with Crippen molar-refractivity contribution in [1.82, 2.24) is 0 Å². The van der Waals surface area contributed by atoms with Gasteiger partial charge in [0.1, 0.15) is 0 Å². The summed E-state index contributed by atoms with van der Waals surface area (Å²) in [6.45, 7) is 8.87. The van der Waals surface area contributed by atoms with Gasteiger partial charge in [0.2, 0.25) is 0 Å². The Morgan fingerprint density at radius 3 is 1.88 bits per heavy atom. The molecule has 0 atom stereocenters. The lowest BCUT2D eigenvalue weighted by atomic mass is 9.85. The van der Waals surface area contributed by atoms with Crippen LogP contribution in [0.5, 0.6) is 0 Å². The van der Waals surface area contributed by atoms with Crippen LogP contribution in [0, 0.1) is 0 Å². The third-order valence-corrected chi connectivity index (χ3v) is 11.7. The number of aliphatic imine (C=N–C) groups is 1. The van der Waals surface area contributed by atoms with Crippen molar-refractivity contribution in [2.45, 2.75) is 33.1 Å². The zero-order valence-electron chi connectivity index (χ0n) is 33.8. The highest BCUT2D eigenvalue weighted by Crippen LogP contribution is 2.44. The molecule has 0 N–H and O–H groups in total. The minimum Gasteiger partial charge on any atom is -0.248 e. The molecule has 0 bridgehead atoms. The summed E-state index contributed by atoms with van der Waals surface area (Å²) < 4.78 is 0. The van der Waals surface area contributed by atoms with Crippen LogP contribution in [-0.4, -0.2) is 5.71 Å². The van der Waals surface area contributed by atoms with Crippen molar-refractivity contribution < 1.29 is 0 Å². The van der Waals surface area contributed by atoms with Crippen LogP contribution < -0.4 is 0 Å². The van der Waals surface area contributed by atoms with Gasteiger partial charge in [0.25, 0.3) is 0 Å². The molecule has 1 aliphatic carbocycles. The summed E-state index contributed by atoms with van der Waals surface area (Å²) in [6, 6.07) is 58.8. The smallest absolute Gasteiger partial charge is 0.0708 e. The van der Waals surface area contributed by atoms with Crippen molar-refractivity contribution >= 4 is 55.4 Å². The lowest BCUT2D eigenvalue weighted by Gasteiger charge is -2.18. The largest absolute Gasteiger partial charge is 0.248 e. The first-order chi connectivity index (χ1) is 29.1. The quantitative estimate of drug-likeness (QED) is 0.0748. The average molecular weight is 758 g/mol. The molecule has 0 saturated heterocycles. The van der Waals surface area contributed by atoms with Gasteiger partial charge in [-0.2, -0.15) is 0 Å². The summed E-state index contributed by atoms with van der Waals surface area (Å²) in [7, 11) is 0. The van der Waals surface area contributed by atoms with Crippen LogP contribution in [0.25, 0.3) is 71.9 Å². The Morgan fingerprint density at radius 1 is 0.627 bits per heavy atom. The Balaban J connectivity index is 1.11. The van der Waals surface area contributed by atoms with E-state index in [9.17, 15) is 0 Å². The fraction of sp³-hybridized carbons (Fsp3) is 0.0862. The van der Waals surface area contributed by atoms with E-state index in [-0.39, 0.29) is 0 Å². The van der Waals surface area contributed by atoms with E-state index in [4.69, 9.17) is 4.99 Å². The van der Waals surface area contributed by atoms with Crippen molar-refractivity contribution in [3.05, 3.63) is 234 Å². The first-order valence-corrected chi connectivity index (χ1v) is 20.7. The number of hydrogen-bond acceptors (Lipinski definition) is 1. The highest BCUT2D eigenvalue weighted by atomic mass is 14.8. The first-order valence-electron chi connectivity index (χ1n) is 20.7. The molecular weight excluding hydrogens is 711 g/mol. The molecular formula is C58H47N. The molecule has 1 aliphatic rings. The predicted octanol–water partition coefficient (Wildman–Crippen LogP) is 15.7. The second kappa shape index (κ2) is 16.8. The minimum absolute atomic E-state index is 0.719. The number of benzene rings is 8. The lowest BCUT2D eigenvalue weighted by Crippen LogP contribution is -2.02. The molecule has 8 aromatic carbocycles. The number of fused-ring (bicyclic) bond motifs is 5. The van der Waals surface area contributed by atoms with Crippen LogP contribution in [0.2, 0.25) is 0 Å². The summed E-state index contributed by atoms with van der Waals surface area (Å²) >= 11 is 0. The average Bonchev–Trinajstić information content (AvgIpc) is 3.30. The fourth-order valence-corrected chi connectivity index (χ4v) is 8.81. The monoisotopic (exact) mass is 757 g/mol. The lowest BCUT2D eigenvalue weighted by molar-refractivity contribution is 0.964. The van der Waals surface area contributed by atoms with Gasteiger partial charge in [0, 0.05) is 5.56 Å². The maximum Gasteiger partial charge on any atom is 0.0708 e. The molecule has 0 saturated carbocycles. The Labute approximate surface area is 348 Å². The van der Waals surface area contributed by atoms with Gasteiger partial charge in [0.05, 0.1) is 11.4 Å². The Kier molecular flexibility index (Phi) is 10.7. The first kappa shape index (κ1) is 37.5. The van der Waals surface area contributed by atoms with Crippen LogP contribution in [0.1, 0.15) is 48.1 Å². The number of allylic oxidation sites excluding steroid dienone is 7. The maximum absolute atomic E-state index is 5.35. The SMILES string of the molecule is C=C(/N=C(\C=C(/C)c1ccccc1)C(/C=C\Cc1cc2ccccc2c2c1CCC=C2)=C/C)c1cccc(-c2c3ccccc3c(-c3ccccc3)c3ccccc23)c1. The van der Waals surface area contributed by atoms with Crippen LogP contribution >= 0.6 is 0 Å². The highest BCUT2D eigenvalue weighted by molar-refractivity contribution is 6.21. The van der Waals surface area contributed by atoms with Gasteiger partial charge in [-0.25, -0.2) is 4.99 Å². The Morgan fingerprint density at radius 2 is 1.20 bits per heavy atom. The van der Waals surface area contributed by atoms with Gasteiger partial charge >= 0.3 is 0 Å². The second-order valence-corrected chi connectivity index (χ2v) is 15.4. The third-order valence-electron chi connectivity index (χ3n) is 11.7. The molecule has 1 heteroatoms. The van der Waals surface area contributed by atoms with Gasteiger partial charge in [-0.1, -0.05) is 195 Å². The summed E-state index contributed by atoms with van der Waals surface area (Å²) in [6.07, 6.45) is 16.5. The molecule has 0 radical (unpaired) electrons. The summed E-state index contributed by atoms with van der Waals surface area (Å²) in [5, 5.41) is 7.56. The molecule has 1 nitrogen and oxygen atoms in total. The van der Waals surface area contributed by atoms with E-state index >= 15 is 0 Å². The van der Waals surface area contributed by atoms with Crippen molar-refractivity contribution in [3.63, 3.8) is 0 Å². The molecule has 0 heterocycles. The molecule has 0 spiro atoms. The Bertz CT molecular complexity index is 2970. The fourth-order valence-electron chi connectivity index (χ4n) is 8.81. The van der Waals surface area contributed by atoms with Gasteiger partial charge in [-0.3, -0.25) is 0 Å². The molecule has 9 rings (SSSR count). The molecule has 284 valence electrons. The van der Waals surface area contributed by atoms with Gasteiger partial charge in [-0.05, 0) is 133 Å². The molecule has 0 fully saturated rings. The molecule has 0 amide bonds. The number of hydrogen-bond donors (Lipinski definition) is 0. The molecule has 0 aromatic heterocycles. The van der Waals surface area contributed by atoms with Crippen LogP contribution in [0.15, 0.2) is 211 Å². The maximum atomic E-state index is 5.35. The highest BCUT2D eigenvalue weighted by Gasteiger charge is 2.18. The van der Waals surface area contributed by atoms with Crippen molar-refractivity contribution in [2.24, 2.45) is 4.99 Å². The van der Waals surface area contributed by atoms with E-state index < -0.39 is 0 Å². The number of rotatable bonds is 10. The van der Waals surface area contributed by atoms with E-state index in [2.05, 4.69) is 221 Å². The van der Waals surface area contributed by atoms with E-state index in [1.54, 1.807) is 0 Å². The zero-order valence-corrected chi connectivity index (χ0v) is 33.8. The standard InChI is InChI=1S/C58H47N/c1-4-42(26-19-28-47-39-46-25-11-12-30-49(46)51-32-14-13-31-50(47)51)56(37-40(2)43-21-7-5-8-22-43)59-41(3)45-27-20-29-48(38-45)58-54-35-17-15-33-52(54)57(44-23-9-6-10-24-44)53-34-16-18-36-55(53)58/h4-12,14-27,29-30,32-39H,3,13,28,31H2,1-2H3/b26-19-,40-37+,42-4+,59-56+. The third kappa shape index (κ3) is 7.56. The van der Waals surface area contributed by atoms with Gasteiger partial charge < -0.3 is 0 Å². The van der Waals surface area contributed by atoms with Crippen LogP contribution in [0.3, 0.4) is 0 Å². The summed E-state index contributed by atoms with van der Waals surface area (Å²) in [4.78, 5) is 5.35. The van der Waals surface area contributed by atoms with Crippen molar-refractivity contribution in [1.29, 1.82) is 0 Å². The van der Waals surface area contributed by atoms with Crippen LogP contribution in [0.4, 0.5) is 0 Å². The molecule has 59 heavy (non-hydrogen) atoms. The number of nitrogens with zero attached hydrogens (tertiary/aromatic N) is 1. The Hall–Kier alpha value is -7.09. The summed E-state index contributed by atoms with van der Waals surface area (Å²) in [5.41, 5.74) is 15.0. The summed E-state index contributed by atoms with van der Waals surface area (Å²) in [5.74, 6) is 0. The minimum atomic E-state index is 0.719. The van der Waals surface area contributed by atoms with Crippen molar-refractivity contribution in [3.8, 4) is 22.3 Å². The topological polar surface area (TPSA) is 12.4 Å². The molecule has 8 aromatic rings. The van der Waals surface area contributed by atoms with E-state index in [0.29, 0.717) is 0 Å². The van der Waals surface area contributed by atoms with E-state index in [1.165, 1.54) is 71.3 Å². The van der Waals surface area contributed by atoms with Gasteiger partial charge in [0.15, 0.2) is 0 Å². The molecule has 0 aliphatic heterocycles. The van der Waals surface area contributed by atoms with Crippen LogP contribution in [-0.2, 0) is 12.8 Å². The van der Waals surface area contributed by atoms with Crippen molar-refractivity contribution in [2.75, 3.05) is 0 Å². The zero-order chi connectivity index (χ0) is 40.1. The van der Waals surface area contributed by atoms with E-state index in [1.807, 2.05) is 0 Å². The van der Waals surface area contributed by atoms with E-state index in [0.717, 1.165) is 52.9 Å².